The monoisotopic (exact) mass is 398 g/mol. The van der Waals surface area contributed by atoms with Gasteiger partial charge in [0.15, 0.2) is 0 Å². The van der Waals surface area contributed by atoms with Crippen LogP contribution in [0.15, 0.2) is 0 Å². The fourth-order valence-corrected chi connectivity index (χ4v) is 3.26. The molecular weight excluding hydrogens is 352 g/mol. The van der Waals surface area contributed by atoms with Gasteiger partial charge in [0.25, 0.3) is 0 Å². The minimum Gasteiger partial charge on any atom is -0.462 e. The number of hydrogen-bond acceptors (Lipinski definition) is 4. The molecule has 0 heterocycles. The van der Waals surface area contributed by atoms with Gasteiger partial charge in [-0.05, 0) is 12.8 Å². The SMILES string of the molecule is CCCCCCCCCCCCCCCC(=O)OCCOC(=O)CCCCC. The van der Waals surface area contributed by atoms with Gasteiger partial charge in [0.05, 0.1) is 0 Å². The van der Waals surface area contributed by atoms with Crippen molar-refractivity contribution in [1.29, 1.82) is 0 Å². The van der Waals surface area contributed by atoms with Crippen LogP contribution in [0, 0.1) is 0 Å². The summed E-state index contributed by atoms with van der Waals surface area (Å²) in [6, 6.07) is 0. The van der Waals surface area contributed by atoms with E-state index in [1.807, 2.05) is 0 Å². The topological polar surface area (TPSA) is 52.6 Å². The van der Waals surface area contributed by atoms with Gasteiger partial charge in [-0.1, -0.05) is 104 Å². The molecule has 0 aliphatic heterocycles. The molecule has 4 nitrogen and oxygen atoms in total. The number of hydrogen-bond donors (Lipinski definition) is 0. The van der Waals surface area contributed by atoms with Crippen LogP contribution < -0.4 is 0 Å². The summed E-state index contributed by atoms with van der Waals surface area (Å²) in [6.07, 6.45) is 20.8. The van der Waals surface area contributed by atoms with Crippen molar-refractivity contribution in [3.05, 3.63) is 0 Å². The highest BCUT2D eigenvalue weighted by Crippen LogP contribution is 2.13. The van der Waals surface area contributed by atoms with E-state index >= 15 is 0 Å². The maximum atomic E-state index is 11.6. The lowest BCUT2D eigenvalue weighted by molar-refractivity contribution is -0.152. The van der Waals surface area contributed by atoms with E-state index in [0.717, 1.165) is 32.1 Å². The predicted octanol–water partition coefficient (Wildman–Crippen LogP) is 7.13. The van der Waals surface area contributed by atoms with Crippen molar-refractivity contribution in [1.82, 2.24) is 0 Å². The summed E-state index contributed by atoms with van der Waals surface area (Å²) in [5.74, 6) is -0.369. The molecule has 28 heavy (non-hydrogen) atoms. The first kappa shape index (κ1) is 26.9. The standard InChI is InChI=1S/C24H46O4/c1-3-5-7-8-9-10-11-12-13-14-15-16-18-20-24(26)28-22-21-27-23(25)19-17-6-4-2/h3-22H2,1-2H3. The molecule has 0 saturated heterocycles. The number of ether oxygens (including phenoxy) is 2. The first-order chi connectivity index (χ1) is 13.7. The Morgan fingerprint density at radius 2 is 0.750 bits per heavy atom. The average Bonchev–Trinajstić information content (AvgIpc) is 2.69. The summed E-state index contributed by atoms with van der Waals surface area (Å²) < 4.78 is 10.2. The van der Waals surface area contributed by atoms with Crippen LogP contribution in [0.4, 0.5) is 0 Å². The van der Waals surface area contributed by atoms with Crippen molar-refractivity contribution in [2.24, 2.45) is 0 Å². The second-order valence-corrected chi connectivity index (χ2v) is 7.89. The highest BCUT2D eigenvalue weighted by atomic mass is 16.6. The summed E-state index contributed by atoms with van der Waals surface area (Å²) in [5.41, 5.74) is 0. The molecule has 0 fully saturated rings. The van der Waals surface area contributed by atoms with E-state index < -0.39 is 0 Å². The quantitative estimate of drug-likeness (QED) is 0.152. The largest absolute Gasteiger partial charge is 0.462 e. The lowest BCUT2D eigenvalue weighted by Gasteiger charge is -2.06. The van der Waals surface area contributed by atoms with Gasteiger partial charge in [0, 0.05) is 12.8 Å². The van der Waals surface area contributed by atoms with Crippen LogP contribution in [0.25, 0.3) is 0 Å². The van der Waals surface area contributed by atoms with Crippen LogP contribution in [0.5, 0.6) is 0 Å². The fraction of sp³-hybridized carbons (Fsp3) is 0.917. The molecule has 4 heteroatoms. The van der Waals surface area contributed by atoms with Gasteiger partial charge in [-0.25, -0.2) is 0 Å². The third kappa shape index (κ3) is 21.2. The zero-order valence-electron chi connectivity index (χ0n) is 18.8. The van der Waals surface area contributed by atoms with E-state index in [2.05, 4.69) is 13.8 Å². The highest BCUT2D eigenvalue weighted by molar-refractivity contribution is 5.70. The molecule has 0 aromatic rings. The van der Waals surface area contributed by atoms with E-state index in [-0.39, 0.29) is 25.2 Å². The molecule has 0 spiro atoms. The molecule has 0 N–H and O–H groups in total. The number of rotatable bonds is 21. The summed E-state index contributed by atoms with van der Waals surface area (Å²) in [6.45, 7) is 4.71. The highest BCUT2D eigenvalue weighted by Gasteiger charge is 2.05. The Balaban J connectivity index is 3.23. The van der Waals surface area contributed by atoms with Crippen LogP contribution in [-0.4, -0.2) is 25.2 Å². The van der Waals surface area contributed by atoms with Crippen molar-refractivity contribution in [2.75, 3.05) is 13.2 Å². The minimum atomic E-state index is -0.194. The minimum absolute atomic E-state index is 0.176. The zero-order chi connectivity index (χ0) is 20.7. The molecule has 0 rings (SSSR count). The van der Waals surface area contributed by atoms with Crippen molar-refractivity contribution in [3.8, 4) is 0 Å². The Morgan fingerprint density at radius 3 is 1.14 bits per heavy atom. The molecular formula is C24H46O4. The Kier molecular flexibility index (Phi) is 21.4. The van der Waals surface area contributed by atoms with Crippen molar-refractivity contribution < 1.29 is 19.1 Å². The second kappa shape index (κ2) is 22.2. The van der Waals surface area contributed by atoms with Gasteiger partial charge >= 0.3 is 11.9 Å². The summed E-state index contributed by atoms with van der Waals surface area (Å²) in [5, 5.41) is 0. The van der Waals surface area contributed by atoms with Gasteiger partial charge in [0.2, 0.25) is 0 Å². The van der Waals surface area contributed by atoms with Crippen LogP contribution in [-0.2, 0) is 19.1 Å². The number of carbonyl (C=O) groups is 2. The van der Waals surface area contributed by atoms with E-state index in [1.165, 1.54) is 70.6 Å². The van der Waals surface area contributed by atoms with E-state index in [9.17, 15) is 9.59 Å². The Bertz CT molecular complexity index is 355. The van der Waals surface area contributed by atoms with Crippen molar-refractivity contribution >= 4 is 11.9 Å². The molecule has 0 aliphatic rings. The third-order valence-electron chi connectivity index (χ3n) is 5.08. The van der Waals surface area contributed by atoms with Crippen LogP contribution in [0.3, 0.4) is 0 Å². The molecule has 0 bridgehead atoms. The maximum Gasteiger partial charge on any atom is 0.305 e. The molecule has 0 unspecified atom stereocenters. The molecule has 0 aliphatic carbocycles. The summed E-state index contributed by atoms with van der Waals surface area (Å²) in [4.78, 5) is 23.0. The van der Waals surface area contributed by atoms with Gasteiger partial charge in [-0.15, -0.1) is 0 Å². The Morgan fingerprint density at radius 1 is 0.464 bits per heavy atom. The van der Waals surface area contributed by atoms with E-state index in [0.29, 0.717) is 12.8 Å². The van der Waals surface area contributed by atoms with Gasteiger partial charge in [-0.3, -0.25) is 9.59 Å². The van der Waals surface area contributed by atoms with Gasteiger partial charge < -0.3 is 9.47 Å². The molecule has 0 aromatic heterocycles. The molecule has 0 aromatic carbocycles. The van der Waals surface area contributed by atoms with Crippen molar-refractivity contribution in [3.63, 3.8) is 0 Å². The zero-order valence-corrected chi connectivity index (χ0v) is 18.8. The lowest BCUT2D eigenvalue weighted by Crippen LogP contribution is -2.13. The summed E-state index contributed by atoms with van der Waals surface area (Å²) >= 11 is 0. The molecule has 0 saturated carbocycles. The number of carbonyl (C=O) groups excluding carboxylic acids is 2. The van der Waals surface area contributed by atoms with Gasteiger partial charge in [0.1, 0.15) is 13.2 Å². The maximum absolute atomic E-state index is 11.6. The predicted molar refractivity (Wildman–Crippen MR) is 116 cm³/mol. The average molecular weight is 399 g/mol. The van der Waals surface area contributed by atoms with Crippen LogP contribution in [0.2, 0.25) is 0 Å². The molecule has 0 amide bonds. The Hall–Kier alpha value is -1.06. The van der Waals surface area contributed by atoms with E-state index in [4.69, 9.17) is 9.47 Å². The third-order valence-corrected chi connectivity index (χ3v) is 5.08. The van der Waals surface area contributed by atoms with Crippen LogP contribution in [0.1, 0.15) is 129 Å². The fourth-order valence-electron chi connectivity index (χ4n) is 3.26. The smallest absolute Gasteiger partial charge is 0.305 e. The van der Waals surface area contributed by atoms with Gasteiger partial charge in [-0.2, -0.15) is 0 Å². The first-order valence-corrected chi connectivity index (χ1v) is 12.0. The molecule has 0 atom stereocenters. The normalized spacial score (nSPS) is 10.8. The second-order valence-electron chi connectivity index (χ2n) is 7.89. The lowest BCUT2D eigenvalue weighted by atomic mass is 10.0. The summed E-state index contributed by atoms with van der Waals surface area (Å²) in [7, 11) is 0. The molecule has 166 valence electrons. The van der Waals surface area contributed by atoms with Crippen LogP contribution >= 0.6 is 0 Å². The van der Waals surface area contributed by atoms with E-state index in [1.54, 1.807) is 0 Å². The number of unbranched alkanes of at least 4 members (excludes halogenated alkanes) is 14. The Labute approximate surface area is 174 Å². The number of esters is 2. The van der Waals surface area contributed by atoms with Crippen molar-refractivity contribution in [2.45, 2.75) is 129 Å². The molecule has 0 radical (unpaired) electrons. The first-order valence-electron chi connectivity index (χ1n) is 12.0.